The molecular weight excluding hydrogens is 241 g/mol. The van der Waals surface area contributed by atoms with Crippen LogP contribution in [0.25, 0.3) is 11.4 Å². The number of nitrogens with zero attached hydrogens (tertiary/aromatic N) is 3. The Hall–Kier alpha value is -2.44. The van der Waals surface area contributed by atoms with Crippen LogP contribution in [0.5, 0.6) is 0 Å². The van der Waals surface area contributed by atoms with Crippen LogP contribution in [0.4, 0.5) is 10.4 Å². The summed E-state index contributed by atoms with van der Waals surface area (Å²) in [7, 11) is 1.52. The van der Waals surface area contributed by atoms with Crippen LogP contribution in [0.3, 0.4) is 0 Å². The van der Waals surface area contributed by atoms with Gasteiger partial charge in [0.25, 0.3) is 0 Å². The lowest BCUT2D eigenvalue weighted by Gasteiger charge is -2.08. The third-order valence-corrected chi connectivity index (χ3v) is 2.22. The molecule has 1 aromatic carbocycles. The smallest absolute Gasteiger partial charge is 0.324 e. The summed E-state index contributed by atoms with van der Waals surface area (Å²) in [5.74, 6) is -1.08. The second-order valence-electron chi connectivity index (χ2n) is 3.66. The lowest BCUT2D eigenvalue weighted by Crippen LogP contribution is -2.25. The number of benzene rings is 1. The summed E-state index contributed by atoms with van der Waals surface area (Å²) in [6.07, 6.45) is 0. The zero-order chi connectivity index (χ0) is 13.1. The monoisotopic (exact) mass is 251 g/mol. The van der Waals surface area contributed by atoms with Gasteiger partial charge in [-0.25, -0.2) is 4.39 Å². The first-order chi connectivity index (χ1) is 8.56. The third-order valence-electron chi connectivity index (χ3n) is 2.22. The van der Waals surface area contributed by atoms with Gasteiger partial charge in [0.1, 0.15) is 12.4 Å². The minimum absolute atomic E-state index is 0.0942. The molecule has 0 unspecified atom stereocenters. The molecule has 1 heterocycles. The maximum atomic E-state index is 12.7. The Morgan fingerprint density at radius 1 is 1.44 bits per heavy atom. The Labute approximate surface area is 102 Å². The number of likely N-dealkylation sites (N-methyl/N-ethyl adjacent to an activating group) is 1. The Bertz CT molecular complexity index is 553. The summed E-state index contributed by atoms with van der Waals surface area (Å²) in [6.45, 7) is -0.245. The van der Waals surface area contributed by atoms with Gasteiger partial charge in [0.2, 0.25) is 5.82 Å². The van der Waals surface area contributed by atoms with Crippen LogP contribution in [-0.4, -0.2) is 34.8 Å². The molecule has 0 bridgehead atoms. The van der Waals surface area contributed by atoms with Gasteiger partial charge in [0.15, 0.2) is 0 Å². The number of carboxylic acid groups (broad SMARTS) is 1. The van der Waals surface area contributed by atoms with Crippen LogP contribution in [0.1, 0.15) is 0 Å². The highest BCUT2D eigenvalue weighted by atomic mass is 19.1. The number of aliphatic carboxylic acids is 1. The van der Waals surface area contributed by atoms with Crippen LogP contribution in [0.2, 0.25) is 0 Å². The van der Waals surface area contributed by atoms with Crippen LogP contribution < -0.4 is 4.90 Å². The van der Waals surface area contributed by atoms with E-state index in [2.05, 4.69) is 10.1 Å². The largest absolute Gasteiger partial charge is 0.480 e. The van der Waals surface area contributed by atoms with Gasteiger partial charge in [0, 0.05) is 12.6 Å². The van der Waals surface area contributed by atoms with E-state index >= 15 is 0 Å². The molecular formula is C11H10FN3O3. The quantitative estimate of drug-likeness (QED) is 0.884. The molecule has 0 aliphatic rings. The Balaban J connectivity index is 2.19. The Morgan fingerprint density at radius 3 is 2.72 bits per heavy atom. The fraction of sp³-hybridized carbons (Fsp3) is 0.182. The molecule has 18 heavy (non-hydrogen) atoms. The molecule has 7 heteroatoms. The predicted octanol–water partition coefficient (Wildman–Crippen LogP) is 1.40. The van der Waals surface area contributed by atoms with E-state index in [-0.39, 0.29) is 24.2 Å². The normalized spacial score (nSPS) is 10.3. The third kappa shape index (κ3) is 2.62. The molecule has 0 aliphatic carbocycles. The second kappa shape index (κ2) is 4.82. The molecule has 0 saturated carbocycles. The predicted molar refractivity (Wildman–Crippen MR) is 60.6 cm³/mol. The van der Waals surface area contributed by atoms with Gasteiger partial charge in [-0.1, -0.05) is 5.16 Å². The number of carbonyl (C=O) groups is 1. The highest BCUT2D eigenvalue weighted by Gasteiger charge is 2.14. The van der Waals surface area contributed by atoms with Crippen LogP contribution >= 0.6 is 0 Å². The molecule has 2 aromatic rings. The summed E-state index contributed by atoms with van der Waals surface area (Å²) in [5.41, 5.74) is 0.593. The number of carboxylic acids is 1. The molecule has 0 amide bonds. The van der Waals surface area contributed by atoms with Crippen molar-refractivity contribution in [2.24, 2.45) is 0 Å². The first kappa shape index (κ1) is 12.0. The lowest BCUT2D eigenvalue weighted by atomic mass is 10.2. The highest BCUT2D eigenvalue weighted by Crippen LogP contribution is 2.19. The number of halogens is 1. The van der Waals surface area contributed by atoms with Crippen molar-refractivity contribution in [1.29, 1.82) is 0 Å². The maximum Gasteiger partial charge on any atom is 0.324 e. The molecule has 0 aliphatic heterocycles. The molecule has 0 atom stereocenters. The van der Waals surface area contributed by atoms with E-state index in [0.717, 1.165) is 0 Å². The van der Waals surface area contributed by atoms with Crippen molar-refractivity contribution in [2.45, 2.75) is 0 Å². The van der Waals surface area contributed by atoms with Gasteiger partial charge >= 0.3 is 12.0 Å². The van der Waals surface area contributed by atoms with Crippen LogP contribution in [-0.2, 0) is 4.79 Å². The van der Waals surface area contributed by atoms with Crippen molar-refractivity contribution in [1.82, 2.24) is 10.1 Å². The first-order valence-electron chi connectivity index (χ1n) is 5.09. The number of hydrogen-bond acceptors (Lipinski definition) is 5. The van der Waals surface area contributed by atoms with E-state index in [9.17, 15) is 9.18 Å². The molecule has 1 aromatic heterocycles. The maximum absolute atomic E-state index is 12.7. The minimum atomic E-state index is -1.00. The van der Waals surface area contributed by atoms with E-state index in [1.54, 1.807) is 0 Å². The second-order valence-corrected chi connectivity index (χ2v) is 3.66. The fourth-order valence-electron chi connectivity index (χ4n) is 1.36. The van der Waals surface area contributed by atoms with Gasteiger partial charge in [-0.3, -0.25) is 4.79 Å². The SMILES string of the molecule is CN(CC(=O)O)c1nc(-c2ccc(F)cc2)no1. The average molecular weight is 251 g/mol. The Morgan fingerprint density at radius 2 is 2.11 bits per heavy atom. The van der Waals surface area contributed by atoms with Crippen molar-refractivity contribution in [3.63, 3.8) is 0 Å². The minimum Gasteiger partial charge on any atom is -0.480 e. The Kier molecular flexibility index (Phi) is 3.22. The number of aromatic nitrogens is 2. The van der Waals surface area contributed by atoms with E-state index < -0.39 is 5.97 Å². The van der Waals surface area contributed by atoms with Crippen molar-refractivity contribution in [3.8, 4) is 11.4 Å². The molecule has 1 N–H and O–H groups in total. The van der Waals surface area contributed by atoms with Gasteiger partial charge < -0.3 is 14.5 Å². The zero-order valence-corrected chi connectivity index (χ0v) is 9.50. The number of anilines is 1. The van der Waals surface area contributed by atoms with E-state index in [0.29, 0.717) is 5.56 Å². The first-order valence-corrected chi connectivity index (χ1v) is 5.09. The van der Waals surface area contributed by atoms with Crippen molar-refractivity contribution >= 4 is 12.0 Å². The number of hydrogen-bond donors (Lipinski definition) is 1. The summed E-state index contributed by atoms with van der Waals surface area (Å²) in [5, 5.41) is 12.3. The molecule has 0 fully saturated rings. The highest BCUT2D eigenvalue weighted by molar-refractivity contribution is 5.72. The summed E-state index contributed by atoms with van der Waals surface area (Å²) >= 11 is 0. The van der Waals surface area contributed by atoms with Crippen molar-refractivity contribution in [2.75, 3.05) is 18.5 Å². The average Bonchev–Trinajstić information content (AvgIpc) is 2.78. The summed E-state index contributed by atoms with van der Waals surface area (Å²) < 4.78 is 17.7. The number of rotatable bonds is 4. The van der Waals surface area contributed by atoms with Crippen LogP contribution in [0, 0.1) is 5.82 Å². The molecule has 0 radical (unpaired) electrons. The lowest BCUT2D eigenvalue weighted by molar-refractivity contribution is -0.135. The summed E-state index contributed by atoms with van der Waals surface area (Å²) in [4.78, 5) is 15.9. The van der Waals surface area contributed by atoms with Crippen molar-refractivity contribution in [3.05, 3.63) is 30.1 Å². The molecule has 6 nitrogen and oxygen atoms in total. The molecule has 0 spiro atoms. The molecule has 2 rings (SSSR count). The van der Waals surface area contributed by atoms with Crippen molar-refractivity contribution < 1.29 is 18.8 Å². The summed E-state index contributed by atoms with van der Waals surface area (Å²) in [6, 6.07) is 5.69. The van der Waals surface area contributed by atoms with Crippen LogP contribution in [0.15, 0.2) is 28.8 Å². The van der Waals surface area contributed by atoms with Gasteiger partial charge in [-0.05, 0) is 24.3 Å². The van der Waals surface area contributed by atoms with Gasteiger partial charge in [0.05, 0.1) is 0 Å². The van der Waals surface area contributed by atoms with Gasteiger partial charge in [-0.15, -0.1) is 0 Å². The van der Waals surface area contributed by atoms with E-state index in [4.69, 9.17) is 9.63 Å². The van der Waals surface area contributed by atoms with Gasteiger partial charge in [-0.2, -0.15) is 4.98 Å². The molecule has 94 valence electrons. The fourth-order valence-corrected chi connectivity index (χ4v) is 1.36. The molecule has 0 saturated heterocycles. The topological polar surface area (TPSA) is 79.5 Å². The standard InChI is InChI=1S/C11H10FN3O3/c1-15(6-9(16)17)11-13-10(14-18-11)7-2-4-8(12)5-3-7/h2-5H,6H2,1H3,(H,16,17). The zero-order valence-electron chi connectivity index (χ0n) is 9.50. The van der Waals surface area contributed by atoms with E-state index in [1.165, 1.54) is 36.2 Å². The van der Waals surface area contributed by atoms with E-state index in [1.807, 2.05) is 0 Å².